The van der Waals surface area contributed by atoms with Gasteiger partial charge in [-0.2, -0.15) is 0 Å². The van der Waals surface area contributed by atoms with Crippen LogP contribution in [0.4, 0.5) is 0 Å². The average Bonchev–Trinajstić information content (AvgIpc) is 2.74. The molecule has 4 nitrogen and oxygen atoms in total. The van der Waals surface area contributed by atoms with Crippen LogP contribution in [0.15, 0.2) is 34.9 Å². The zero-order valence-electron chi connectivity index (χ0n) is 11.0. The maximum absolute atomic E-state index is 11.9. The Balaban J connectivity index is 2.09. The Labute approximate surface area is 120 Å². The predicted octanol–water partition coefficient (Wildman–Crippen LogP) is 2.55. The standard InChI is InChI=1S/C14H17BrN2O2/c1-10(9-19-2)16-14(18)8-17-7-6-11-12(15)4-3-5-13(11)17/h3-7,10H,8-9H2,1-2H3,(H,16,18). The molecule has 19 heavy (non-hydrogen) atoms. The van der Waals surface area contributed by atoms with Gasteiger partial charge in [0.05, 0.1) is 6.61 Å². The van der Waals surface area contributed by atoms with Crippen LogP contribution in [-0.4, -0.2) is 30.2 Å². The van der Waals surface area contributed by atoms with E-state index in [-0.39, 0.29) is 11.9 Å². The first-order chi connectivity index (χ1) is 9.11. The summed E-state index contributed by atoms with van der Waals surface area (Å²) in [5.41, 5.74) is 1.05. The molecule has 0 aliphatic rings. The lowest BCUT2D eigenvalue weighted by Crippen LogP contribution is -2.37. The zero-order valence-corrected chi connectivity index (χ0v) is 12.6. The lowest BCUT2D eigenvalue weighted by atomic mass is 10.2. The molecule has 1 aromatic heterocycles. The van der Waals surface area contributed by atoms with E-state index >= 15 is 0 Å². The highest BCUT2D eigenvalue weighted by atomic mass is 79.9. The van der Waals surface area contributed by atoms with Crippen molar-refractivity contribution in [3.05, 3.63) is 34.9 Å². The Hall–Kier alpha value is -1.33. The molecule has 1 amide bonds. The number of nitrogens with one attached hydrogen (secondary N) is 1. The summed E-state index contributed by atoms with van der Waals surface area (Å²) in [5.74, 6) is -0.0120. The van der Waals surface area contributed by atoms with Crippen molar-refractivity contribution in [2.75, 3.05) is 13.7 Å². The minimum absolute atomic E-state index is 0.0120. The van der Waals surface area contributed by atoms with E-state index in [0.29, 0.717) is 13.2 Å². The molecule has 5 heteroatoms. The molecule has 1 heterocycles. The van der Waals surface area contributed by atoms with E-state index in [0.717, 1.165) is 15.4 Å². The van der Waals surface area contributed by atoms with Crippen molar-refractivity contribution in [3.8, 4) is 0 Å². The largest absolute Gasteiger partial charge is 0.383 e. The van der Waals surface area contributed by atoms with E-state index in [1.807, 2.05) is 42.0 Å². The molecule has 0 saturated carbocycles. The van der Waals surface area contributed by atoms with Gasteiger partial charge < -0.3 is 14.6 Å². The summed E-state index contributed by atoms with van der Waals surface area (Å²) in [7, 11) is 1.62. The Bertz CT molecular complexity index is 580. The van der Waals surface area contributed by atoms with Gasteiger partial charge in [0, 0.05) is 34.7 Å². The van der Waals surface area contributed by atoms with Crippen molar-refractivity contribution in [2.45, 2.75) is 19.5 Å². The highest BCUT2D eigenvalue weighted by Gasteiger charge is 2.10. The number of fused-ring (bicyclic) bond motifs is 1. The minimum Gasteiger partial charge on any atom is -0.383 e. The summed E-state index contributed by atoms with van der Waals surface area (Å²) in [6.07, 6.45) is 1.93. The first-order valence-corrected chi connectivity index (χ1v) is 6.92. The van der Waals surface area contributed by atoms with Crippen molar-refractivity contribution in [1.82, 2.24) is 9.88 Å². The SMILES string of the molecule is COCC(C)NC(=O)Cn1ccc2c(Br)cccc21. The number of methoxy groups -OCH3 is 1. The highest BCUT2D eigenvalue weighted by Crippen LogP contribution is 2.24. The molecule has 1 aromatic carbocycles. The summed E-state index contributed by atoms with van der Waals surface area (Å²) in [5, 5.41) is 4.01. The molecule has 2 rings (SSSR count). The van der Waals surface area contributed by atoms with Crippen LogP contribution >= 0.6 is 15.9 Å². The second kappa shape index (κ2) is 6.21. The van der Waals surface area contributed by atoms with Crippen molar-refractivity contribution < 1.29 is 9.53 Å². The van der Waals surface area contributed by atoms with Gasteiger partial charge in [-0.05, 0) is 25.1 Å². The third kappa shape index (κ3) is 3.36. The molecule has 0 fully saturated rings. The van der Waals surface area contributed by atoms with Crippen LogP contribution in [0.1, 0.15) is 6.92 Å². The molecule has 0 saturated heterocycles. The summed E-state index contributed by atoms with van der Waals surface area (Å²) < 4.78 is 7.98. The van der Waals surface area contributed by atoms with Gasteiger partial charge in [0.1, 0.15) is 6.54 Å². The number of hydrogen-bond donors (Lipinski definition) is 1. The quantitative estimate of drug-likeness (QED) is 0.918. The fraction of sp³-hybridized carbons (Fsp3) is 0.357. The van der Waals surface area contributed by atoms with Crippen LogP contribution in [0.3, 0.4) is 0 Å². The molecule has 0 aliphatic carbocycles. The van der Waals surface area contributed by atoms with Crippen LogP contribution in [0.2, 0.25) is 0 Å². The number of nitrogens with zero attached hydrogens (tertiary/aromatic N) is 1. The van der Waals surface area contributed by atoms with Gasteiger partial charge in [0.25, 0.3) is 0 Å². The first-order valence-electron chi connectivity index (χ1n) is 6.13. The lowest BCUT2D eigenvalue weighted by molar-refractivity contribution is -0.122. The van der Waals surface area contributed by atoms with Crippen molar-refractivity contribution in [3.63, 3.8) is 0 Å². The molecular weight excluding hydrogens is 308 g/mol. The second-order valence-electron chi connectivity index (χ2n) is 4.54. The molecule has 1 N–H and O–H groups in total. The van der Waals surface area contributed by atoms with Crippen LogP contribution in [0.5, 0.6) is 0 Å². The van der Waals surface area contributed by atoms with Crippen molar-refractivity contribution >= 4 is 32.7 Å². The molecule has 0 bridgehead atoms. The number of carbonyl (C=O) groups excluding carboxylic acids is 1. The van der Waals surface area contributed by atoms with E-state index in [2.05, 4.69) is 21.2 Å². The van der Waals surface area contributed by atoms with Crippen LogP contribution in [0, 0.1) is 0 Å². The van der Waals surface area contributed by atoms with Gasteiger partial charge in [-0.25, -0.2) is 0 Å². The fourth-order valence-corrected chi connectivity index (χ4v) is 2.58. The molecule has 1 atom stereocenters. The normalized spacial score (nSPS) is 12.6. The Morgan fingerprint density at radius 2 is 2.26 bits per heavy atom. The maximum atomic E-state index is 11.9. The predicted molar refractivity (Wildman–Crippen MR) is 79.1 cm³/mol. The maximum Gasteiger partial charge on any atom is 0.240 e. The summed E-state index contributed by atoms with van der Waals surface area (Å²) in [6.45, 7) is 2.75. The number of aromatic nitrogens is 1. The molecule has 0 radical (unpaired) electrons. The number of ether oxygens (including phenoxy) is 1. The minimum atomic E-state index is -0.0120. The second-order valence-corrected chi connectivity index (χ2v) is 5.39. The van der Waals surface area contributed by atoms with Gasteiger partial charge in [-0.1, -0.05) is 22.0 Å². The molecule has 102 valence electrons. The fourth-order valence-electron chi connectivity index (χ4n) is 2.09. The smallest absolute Gasteiger partial charge is 0.240 e. The summed E-state index contributed by atoms with van der Waals surface area (Å²) in [4.78, 5) is 11.9. The van der Waals surface area contributed by atoms with Crippen molar-refractivity contribution in [2.24, 2.45) is 0 Å². The van der Waals surface area contributed by atoms with Crippen LogP contribution in [0.25, 0.3) is 10.9 Å². The lowest BCUT2D eigenvalue weighted by Gasteiger charge is -2.13. The van der Waals surface area contributed by atoms with Crippen molar-refractivity contribution in [1.29, 1.82) is 0 Å². The molecule has 2 aromatic rings. The van der Waals surface area contributed by atoms with Crippen LogP contribution in [-0.2, 0) is 16.1 Å². The van der Waals surface area contributed by atoms with E-state index in [1.54, 1.807) is 7.11 Å². The zero-order chi connectivity index (χ0) is 13.8. The monoisotopic (exact) mass is 324 g/mol. The third-order valence-electron chi connectivity index (χ3n) is 2.90. The number of carbonyl (C=O) groups is 1. The van der Waals surface area contributed by atoms with E-state index in [1.165, 1.54) is 0 Å². The van der Waals surface area contributed by atoms with Gasteiger partial charge in [-0.3, -0.25) is 4.79 Å². The first kappa shape index (κ1) is 14.1. The summed E-state index contributed by atoms with van der Waals surface area (Å²) in [6, 6.07) is 7.99. The molecule has 0 aliphatic heterocycles. The molecular formula is C14H17BrN2O2. The van der Waals surface area contributed by atoms with Gasteiger partial charge in [-0.15, -0.1) is 0 Å². The number of hydrogen-bond acceptors (Lipinski definition) is 2. The number of rotatable bonds is 5. The number of benzene rings is 1. The Morgan fingerprint density at radius 1 is 1.47 bits per heavy atom. The van der Waals surface area contributed by atoms with E-state index in [4.69, 9.17) is 4.74 Å². The van der Waals surface area contributed by atoms with Gasteiger partial charge in [0.15, 0.2) is 0 Å². The van der Waals surface area contributed by atoms with E-state index in [9.17, 15) is 4.79 Å². The molecule has 0 spiro atoms. The van der Waals surface area contributed by atoms with Crippen LogP contribution < -0.4 is 5.32 Å². The topological polar surface area (TPSA) is 43.3 Å². The van der Waals surface area contributed by atoms with Gasteiger partial charge >= 0.3 is 0 Å². The Morgan fingerprint density at radius 3 is 3.00 bits per heavy atom. The Kier molecular flexibility index (Phi) is 4.61. The molecule has 1 unspecified atom stereocenters. The number of amides is 1. The summed E-state index contributed by atoms with van der Waals surface area (Å²) >= 11 is 3.51. The third-order valence-corrected chi connectivity index (χ3v) is 3.59. The van der Waals surface area contributed by atoms with Gasteiger partial charge in [0.2, 0.25) is 5.91 Å². The highest BCUT2D eigenvalue weighted by molar-refractivity contribution is 9.10. The number of halogens is 1. The van der Waals surface area contributed by atoms with E-state index < -0.39 is 0 Å². The average molecular weight is 325 g/mol.